The van der Waals surface area contributed by atoms with Crippen LogP contribution in [0.4, 0.5) is 0 Å². The zero-order chi connectivity index (χ0) is 17.4. The SMILES string of the molecule is O=C(NCCNC(=O)C12CC3CC(CC(C3)C1)C2)c1ccc(Br)cc1. The van der Waals surface area contributed by atoms with Crippen molar-refractivity contribution < 1.29 is 9.59 Å². The summed E-state index contributed by atoms with van der Waals surface area (Å²) in [7, 11) is 0. The quantitative estimate of drug-likeness (QED) is 0.737. The van der Waals surface area contributed by atoms with Crippen LogP contribution < -0.4 is 10.6 Å². The third kappa shape index (κ3) is 3.48. The average Bonchev–Trinajstić information content (AvgIpc) is 2.57. The molecule has 0 radical (unpaired) electrons. The Morgan fingerprint density at radius 3 is 2.00 bits per heavy atom. The van der Waals surface area contributed by atoms with Crippen molar-refractivity contribution in [3.05, 3.63) is 34.3 Å². The van der Waals surface area contributed by atoms with E-state index < -0.39 is 0 Å². The van der Waals surface area contributed by atoms with Gasteiger partial charge in [0, 0.05) is 28.5 Å². The molecule has 0 unspecified atom stereocenters. The van der Waals surface area contributed by atoms with Crippen LogP contribution in [0.15, 0.2) is 28.7 Å². The molecule has 25 heavy (non-hydrogen) atoms. The molecule has 0 spiro atoms. The van der Waals surface area contributed by atoms with Crippen LogP contribution >= 0.6 is 15.9 Å². The van der Waals surface area contributed by atoms with Gasteiger partial charge >= 0.3 is 0 Å². The standard InChI is InChI=1S/C20H25BrN2O2/c21-17-3-1-16(2-4-17)18(24)22-5-6-23-19(25)20-10-13-7-14(11-20)9-15(8-13)12-20/h1-4,13-15H,5-12H2,(H,22,24)(H,23,25). The van der Waals surface area contributed by atoms with Crippen molar-refractivity contribution in [1.29, 1.82) is 0 Å². The molecule has 5 rings (SSSR count). The maximum Gasteiger partial charge on any atom is 0.251 e. The van der Waals surface area contributed by atoms with E-state index in [1.165, 1.54) is 19.3 Å². The highest BCUT2D eigenvalue weighted by atomic mass is 79.9. The molecule has 1 aromatic carbocycles. The normalized spacial score (nSPS) is 32.4. The minimum atomic E-state index is -0.107. The van der Waals surface area contributed by atoms with E-state index in [9.17, 15) is 9.59 Å². The minimum Gasteiger partial charge on any atom is -0.354 e. The lowest BCUT2D eigenvalue weighted by atomic mass is 9.49. The van der Waals surface area contributed by atoms with Crippen molar-refractivity contribution in [3.8, 4) is 0 Å². The second kappa shape index (κ2) is 6.75. The summed E-state index contributed by atoms with van der Waals surface area (Å²) in [4.78, 5) is 24.9. The number of amides is 2. The molecule has 0 aliphatic heterocycles. The van der Waals surface area contributed by atoms with E-state index in [1.54, 1.807) is 12.1 Å². The first-order valence-corrected chi connectivity index (χ1v) is 10.2. The van der Waals surface area contributed by atoms with Gasteiger partial charge in [0.1, 0.15) is 0 Å². The van der Waals surface area contributed by atoms with Gasteiger partial charge in [0.25, 0.3) is 5.91 Å². The summed E-state index contributed by atoms with van der Waals surface area (Å²) < 4.78 is 0.951. The van der Waals surface area contributed by atoms with Crippen LogP contribution in [-0.4, -0.2) is 24.9 Å². The molecule has 2 N–H and O–H groups in total. The number of nitrogens with one attached hydrogen (secondary N) is 2. The summed E-state index contributed by atoms with van der Waals surface area (Å²) in [6.07, 6.45) is 7.27. The summed E-state index contributed by atoms with van der Waals surface area (Å²) in [5, 5.41) is 5.97. The van der Waals surface area contributed by atoms with E-state index in [2.05, 4.69) is 26.6 Å². The zero-order valence-electron chi connectivity index (χ0n) is 14.4. The first kappa shape index (κ1) is 17.1. The van der Waals surface area contributed by atoms with Crippen LogP contribution in [0.3, 0.4) is 0 Å². The maximum atomic E-state index is 12.8. The molecule has 1 aromatic rings. The van der Waals surface area contributed by atoms with Gasteiger partial charge in [0.05, 0.1) is 0 Å². The van der Waals surface area contributed by atoms with E-state index in [0.717, 1.165) is 41.5 Å². The van der Waals surface area contributed by atoms with Crippen LogP contribution in [0, 0.1) is 23.2 Å². The summed E-state index contributed by atoms with van der Waals surface area (Å²) >= 11 is 3.36. The Morgan fingerprint density at radius 1 is 0.920 bits per heavy atom. The fraction of sp³-hybridized carbons (Fsp3) is 0.600. The summed E-state index contributed by atoms with van der Waals surface area (Å²) in [6, 6.07) is 7.27. The van der Waals surface area contributed by atoms with Gasteiger partial charge in [0.15, 0.2) is 0 Å². The highest BCUT2D eigenvalue weighted by molar-refractivity contribution is 9.10. The number of halogens is 1. The highest BCUT2D eigenvalue weighted by Crippen LogP contribution is 2.60. The van der Waals surface area contributed by atoms with Crippen LogP contribution in [0.5, 0.6) is 0 Å². The predicted molar refractivity (Wildman–Crippen MR) is 100 cm³/mol. The highest BCUT2D eigenvalue weighted by Gasteiger charge is 2.54. The van der Waals surface area contributed by atoms with Gasteiger partial charge in [0.2, 0.25) is 5.91 Å². The van der Waals surface area contributed by atoms with Gasteiger partial charge in [-0.3, -0.25) is 9.59 Å². The molecule has 4 saturated carbocycles. The van der Waals surface area contributed by atoms with Gasteiger partial charge < -0.3 is 10.6 Å². The Bertz CT molecular complexity index is 635. The predicted octanol–water partition coefficient (Wildman–Crippen LogP) is 3.51. The van der Waals surface area contributed by atoms with Crippen molar-refractivity contribution >= 4 is 27.7 Å². The summed E-state index contributed by atoms with van der Waals surface area (Å²) in [5.74, 6) is 2.44. The molecule has 0 aromatic heterocycles. The van der Waals surface area contributed by atoms with Crippen LogP contribution in [0.2, 0.25) is 0 Å². The second-order valence-electron chi connectivity index (χ2n) is 8.22. The van der Waals surface area contributed by atoms with E-state index in [-0.39, 0.29) is 17.2 Å². The lowest BCUT2D eigenvalue weighted by Crippen LogP contribution is -2.54. The number of hydrogen-bond donors (Lipinski definition) is 2. The first-order valence-electron chi connectivity index (χ1n) is 9.36. The lowest BCUT2D eigenvalue weighted by Gasteiger charge is -2.55. The van der Waals surface area contributed by atoms with Crippen molar-refractivity contribution in [1.82, 2.24) is 10.6 Å². The third-order valence-electron chi connectivity index (χ3n) is 6.32. The van der Waals surface area contributed by atoms with Crippen molar-refractivity contribution in [3.63, 3.8) is 0 Å². The molecule has 4 bridgehead atoms. The van der Waals surface area contributed by atoms with Gasteiger partial charge in [-0.05, 0) is 80.5 Å². The zero-order valence-corrected chi connectivity index (χ0v) is 16.0. The molecule has 0 heterocycles. The second-order valence-corrected chi connectivity index (χ2v) is 9.13. The Hall–Kier alpha value is -1.36. The topological polar surface area (TPSA) is 58.2 Å². The summed E-state index contributed by atoms with van der Waals surface area (Å²) in [5.41, 5.74) is 0.528. The Kier molecular flexibility index (Phi) is 4.61. The minimum absolute atomic E-state index is 0.100. The number of carbonyl (C=O) groups excluding carboxylic acids is 2. The van der Waals surface area contributed by atoms with Crippen LogP contribution in [-0.2, 0) is 4.79 Å². The van der Waals surface area contributed by atoms with Crippen molar-refractivity contribution in [2.24, 2.45) is 23.2 Å². The molecule has 134 valence electrons. The Balaban J connectivity index is 1.25. The van der Waals surface area contributed by atoms with Gasteiger partial charge in [-0.25, -0.2) is 0 Å². The van der Waals surface area contributed by atoms with Crippen molar-refractivity contribution in [2.75, 3.05) is 13.1 Å². The Morgan fingerprint density at radius 2 is 1.44 bits per heavy atom. The van der Waals surface area contributed by atoms with Gasteiger partial charge in [-0.2, -0.15) is 0 Å². The molecule has 0 atom stereocenters. The molecular weight excluding hydrogens is 380 g/mol. The van der Waals surface area contributed by atoms with E-state index in [0.29, 0.717) is 18.7 Å². The molecular formula is C20H25BrN2O2. The number of rotatable bonds is 5. The fourth-order valence-electron chi connectivity index (χ4n) is 5.63. The number of carbonyl (C=O) groups is 2. The molecule has 4 nitrogen and oxygen atoms in total. The van der Waals surface area contributed by atoms with Crippen LogP contribution in [0.25, 0.3) is 0 Å². The maximum absolute atomic E-state index is 12.8. The fourth-order valence-corrected chi connectivity index (χ4v) is 5.90. The third-order valence-corrected chi connectivity index (χ3v) is 6.85. The average molecular weight is 405 g/mol. The van der Waals surface area contributed by atoms with E-state index in [1.807, 2.05) is 12.1 Å². The summed E-state index contributed by atoms with van der Waals surface area (Å²) in [6.45, 7) is 0.968. The molecule has 5 heteroatoms. The van der Waals surface area contributed by atoms with Gasteiger partial charge in [-0.1, -0.05) is 15.9 Å². The van der Waals surface area contributed by atoms with Crippen LogP contribution in [0.1, 0.15) is 48.9 Å². The molecule has 2 amide bonds. The molecule has 4 aliphatic rings. The molecule has 0 saturated heterocycles. The lowest BCUT2D eigenvalue weighted by molar-refractivity contribution is -0.146. The van der Waals surface area contributed by atoms with E-state index >= 15 is 0 Å². The molecule has 4 fully saturated rings. The smallest absolute Gasteiger partial charge is 0.251 e. The van der Waals surface area contributed by atoms with E-state index in [4.69, 9.17) is 0 Å². The van der Waals surface area contributed by atoms with Gasteiger partial charge in [-0.15, -0.1) is 0 Å². The first-order chi connectivity index (χ1) is 12.0. The van der Waals surface area contributed by atoms with Crippen molar-refractivity contribution in [2.45, 2.75) is 38.5 Å². The number of hydrogen-bond acceptors (Lipinski definition) is 2. The Labute approximate surface area is 157 Å². The monoisotopic (exact) mass is 404 g/mol. The molecule has 4 aliphatic carbocycles. The largest absolute Gasteiger partial charge is 0.354 e. The number of benzene rings is 1.